The zero-order chi connectivity index (χ0) is 14.5. The Balaban J connectivity index is 2.05. The van der Waals surface area contributed by atoms with Gasteiger partial charge in [-0.2, -0.15) is 0 Å². The number of hydrogen-bond donors (Lipinski definition) is 2. The van der Waals surface area contributed by atoms with E-state index in [0.717, 1.165) is 10.6 Å². The third-order valence-electron chi connectivity index (χ3n) is 2.57. The van der Waals surface area contributed by atoms with Gasteiger partial charge in [-0.25, -0.2) is 0 Å². The number of benzene rings is 1. The molecule has 0 fully saturated rings. The third-order valence-corrected chi connectivity index (χ3v) is 3.49. The van der Waals surface area contributed by atoms with Gasteiger partial charge in [0, 0.05) is 29.6 Å². The predicted octanol–water partition coefficient (Wildman–Crippen LogP) is 3.23. The molecule has 0 spiro atoms. The van der Waals surface area contributed by atoms with Crippen molar-refractivity contribution >= 4 is 34.3 Å². The van der Waals surface area contributed by atoms with Gasteiger partial charge in [0.25, 0.3) is 5.69 Å². The van der Waals surface area contributed by atoms with Gasteiger partial charge in [-0.3, -0.25) is 14.9 Å². The van der Waals surface area contributed by atoms with Crippen LogP contribution in [0.5, 0.6) is 0 Å². The minimum absolute atomic E-state index is 0.0447. The van der Waals surface area contributed by atoms with E-state index in [1.54, 1.807) is 12.1 Å². The molecule has 0 bridgehead atoms. The first-order chi connectivity index (χ1) is 9.56. The summed E-state index contributed by atoms with van der Waals surface area (Å²) in [6.07, 6.45) is 0. The van der Waals surface area contributed by atoms with E-state index in [1.165, 1.54) is 30.4 Å². The molecule has 0 saturated carbocycles. The van der Waals surface area contributed by atoms with E-state index in [1.807, 2.05) is 11.4 Å². The van der Waals surface area contributed by atoms with E-state index in [-0.39, 0.29) is 11.6 Å². The number of amides is 1. The largest absolute Gasteiger partial charge is 0.380 e. The Hall–Kier alpha value is -2.41. The van der Waals surface area contributed by atoms with Gasteiger partial charge in [0.05, 0.1) is 17.2 Å². The quantitative estimate of drug-likeness (QED) is 0.654. The Morgan fingerprint density at radius 1 is 1.40 bits per heavy atom. The molecule has 1 amide bonds. The smallest absolute Gasteiger partial charge is 0.271 e. The van der Waals surface area contributed by atoms with Crippen molar-refractivity contribution in [2.75, 3.05) is 10.6 Å². The van der Waals surface area contributed by atoms with E-state index in [4.69, 9.17) is 0 Å². The second-order valence-corrected chi connectivity index (χ2v) is 5.10. The van der Waals surface area contributed by atoms with Gasteiger partial charge < -0.3 is 10.6 Å². The summed E-state index contributed by atoms with van der Waals surface area (Å²) in [5, 5.41) is 18.4. The molecule has 0 aliphatic carbocycles. The average molecular weight is 291 g/mol. The Labute approximate surface area is 119 Å². The monoisotopic (exact) mass is 291 g/mol. The van der Waals surface area contributed by atoms with Crippen LogP contribution in [0.15, 0.2) is 35.7 Å². The highest BCUT2D eigenvalue weighted by atomic mass is 32.1. The van der Waals surface area contributed by atoms with E-state index < -0.39 is 4.92 Å². The molecule has 104 valence electrons. The maximum Gasteiger partial charge on any atom is 0.271 e. The molecular formula is C13H13N3O3S. The molecule has 1 aromatic carbocycles. The summed E-state index contributed by atoms with van der Waals surface area (Å²) < 4.78 is 0. The summed E-state index contributed by atoms with van der Waals surface area (Å²) in [5.41, 5.74) is 1.48. The fourth-order valence-corrected chi connectivity index (χ4v) is 2.46. The van der Waals surface area contributed by atoms with Crippen molar-refractivity contribution in [3.05, 3.63) is 50.7 Å². The number of nitrogens with one attached hydrogen (secondary N) is 2. The minimum atomic E-state index is -0.431. The van der Waals surface area contributed by atoms with E-state index in [9.17, 15) is 14.9 Å². The highest BCUT2D eigenvalue weighted by Crippen LogP contribution is 2.24. The topological polar surface area (TPSA) is 84.3 Å². The van der Waals surface area contributed by atoms with Crippen molar-refractivity contribution in [3.8, 4) is 0 Å². The first-order valence-corrected chi connectivity index (χ1v) is 6.76. The molecule has 7 heteroatoms. The van der Waals surface area contributed by atoms with Gasteiger partial charge in [-0.15, -0.1) is 11.3 Å². The summed E-state index contributed by atoms with van der Waals surface area (Å²) in [7, 11) is 0. The zero-order valence-electron chi connectivity index (χ0n) is 10.8. The van der Waals surface area contributed by atoms with E-state index >= 15 is 0 Å². The lowest BCUT2D eigenvalue weighted by Gasteiger charge is -2.07. The highest BCUT2D eigenvalue weighted by Gasteiger charge is 2.08. The van der Waals surface area contributed by atoms with Gasteiger partial charge in [-0.1, -0.05) is 6.07 Å². The summed E-state index contributed by atoms with van der Waals surface area (Å²) >= 11 is 1.51. The number of carbonyl (C=O) groups is 1. The van der Waals surface area contributed by atoms with Crippen LogP contribution in [0.1, 0.15) is 11.8 Å². The second-order valence-electron chi connectivity index (χ2n) is 4.10. The molecule has 0 atom stereocenters. The number of anilines is 2. The fraction of sp³-hybridized carbons (Fsp3) is 0.154. The molecule has 0 aliphatic rings. The van der Waals surface area contributed by atoms with Crippen LogP contribution in [0.2, 0.25) is 0 Å². The summed E-state index contributed by atoms with van der Waals surface area (Å²) in [6.45, 7) is 1.95. The average Bonchev–Trinajstić information content (AvgIpc) is 2.83. The van der Waals surface area contributed by atoms with Crippen molar-refractivity contribution in [2.24, 2.45) is 0 Å². The van der Waals surface area contributed by atoms with Crippen LogP contribution in [-0.4, -0.2) is 10.8 Å². The molecule has 0 saturated heterocycles. The van der Waals surface area contributed by atoms with Crippen LogP contribution in [0.4, 0.5) is 17.1 Å². The number of thiophene rings is 1. The number of nitro groups is 1. The van der Waals surface area contributed by atoms with Crippen LogP contribution >= 0.6 is 11.3 Å². The third kappa shape index (κ3) is 3.55. The van der Waals surface area contributed by atoms with Crippen LogP contribution in [0.3, 0.4) is 0 Å². The van der Waals surface area contributed by atoms with Gasteiger partial charge in [0.1, 0.15) is 0 Å². The standard InChI is InChI=1S/C13H13N3O3S/c1-9(17)15-12-5-6-20-13(12)8-14-10-3-2-4-11(7-10)16(18)19/h2-7,14H,8H2,1H3,(H,15,17). The van der Waals surface area contributed by atoms with Gasteiger partial charge in [0.2, 0.25) is 5.91 Å². The highest BCUT2D eigenvalue weighted by molar-refractivity contribution is 7.10. The number of rotatable bonds is 5. The molecule has 0 aliphatic heterocycles. The van der Waals surface area contributed by atoms with Gasteiger partial charge in [-0.05, 0) is 17.5 Å². The second kappa shape index (κ2) is 6.16. The van der Waals surface area contributed by atoms with Crippen molar-refractivity contribution in [2.45, 2.75) is 13.5 Å². The van der Waals surface area contributed by atoms with Crippen molar-refractivity contribution < 1.29 is 9.72 Å². The Morgan fingerprint density at radius 3 is 2.90 bits per heavy atom. The van der Waals surface area contributed by atoms with Crippen LogP contribution < -0.4 is 10.6 Å². The lowest BCUT2D eigenvalue weighted by molar-refractivity contribution is -0.384. The number of nitrogens with zero attached hydrogens (tertiary/aromatic N) is 1. The summed E-state index contributed by atoms with van der Waals surface area (Å²) in [4.78, 5) is 22.3. The van der Waals surface area contributed by atoms with Gasteiger partial charge in [0.15, 0.2) is 0 Å². The fourth-order valence-electron chi connectivity index (χ4n) is 1.69. The first-order valence-electron chi connectivity index (χ1n) is 5.88. The zero-order valence-corrected chi connectivity index (χ0v) is 11.6. The Morgan fingerprint density at radius 2 is 2.20 bits per heavy atom. The molecule has 1 heterocycles. The van der Waals surface area contributed by atoms with Gasteiger partial charge >= 0.3 is 0 Å². The number of hydrogen-bond acceptors (Lipinski definition) is 5. The van der Waals surface area contributed by atoms with Crippen molar-refractivity contribution in [1.29, 1.82) is 0 Å². The van der Waals surface area contributed by atoms with Crippen LogP contribution in [-0.2, 0) is 11.3 Å². The van der Waals surface area contributed by atoms with E-state index in [2.05, 4.69) is 10.6 Å². The predicted molar refractivity (Wildman–Crippen MR) is 79.0 cm³/mol. The number of non-ortho nitro benzene ring substituents is 1. The maximum absolute atomic E-state index is 11.1. The molecule has 1 aromatic heterocycles. The lowest BCUT2D eigenvalue weighted by atomic mass is 10.2. The molecule has 2 rings (SSSR count). The van der Waals surface area contributed by atoms with E-state index in [0.29, 0.717) is 12.2 Å². The molecular weight excluding hydrogens is 278 g/mol. The van der Waals surface area contributed by atoms with Crippen molar-refractivity contribution in [3.63, 3.8) is 0 Å². The SMILES string of the molecule is CC(=O)Nc1ccsc1CNc1cccc([N+](=O)[O-])c1. The minimum Gasteiger partial charge on any atom is -0.380 e. The normalized spacial score (nSPS) is 10.1. The number of nitro benzene ring substituents is 1. The molecule has 2 aromatic rings. The maximum atomic E-state index is 11.1. The van der Waals surface area contributed by atoms with Crippen molar-refractivity contribution in [1.82, 2.24) is 0 Å². The molecule has 20 heavy (non-hydrogen) atoms. The molecule has 0 radical (unpaired) electrons. The summed E-state index contributed by atoms with van der Waals surface area (Å²) in [5.74, 6) is -0.125. The van der Waals surface area contributed by atoms with Crippen LogP contribution in [0.25, 0.3) is 0 Å². The molecule has 2 N–H and O–H groups in total. The molecule has 0 unspecified atom stereocenters. The lowest BCUT2D eigenvalue weighted by Crippen LogP contribution is -2.08. The Bertz CT molecular complexity index is 639. The first kappa shape index (κ1) is 14.0. The summed E-state index contributed by atoms with van der Waals surface area (Å²) in [6, 6.07) is 8.14. The number of carbonyl (C=O) groups excluding carboxylic acids is 1. The van der Waals surface area contributed by atoms with Crippen LogP contribution in [0, 0.1) is 10.1 Å². The molecule has 6 nitrogen and oxygen atoms in total. The Kier molecular flexibility index (Phi) is 4.31.